The average Bonchev–Trinajstić information content (AvgIpc) is 3.40. The minimum absolute atomic E-state index is 0.139. The highest BCUT2D eigenvalue weighted by Crippen LogP contribution is 2.34. The molecule has 6 heteroatoms. The highest BCUT2D eigenvalue weighted by Gasteiger charge is 2.32. The van der Waals surface area contributed by atoms with Crippen LogP contribution in [0.5, 0.6) is 0 Å². The minimum Gasteiger partial charge on any atom is -0.377 e. The summed E-state index contributed by atoms with van der Waals surface area (Å²) in [4.78, 5) is 18.0. The van der Waals surface area contributed by atoms with Crippen LogP contribution in [0.15, 0.2) is 30.5 Å². The molecule has 2 fully saturated rings. The van der Waals surface area contributed by atoms with E-state index in [0.29, 0.717) is 22.6 Å². The first-order chi connectivity index (χ1) is 11.2. The number of rotatable bonds is 4. The van der Waals surface area contributed by atoms with E-state index in [1.54, 1.807) is 24.4 Å². The van der Waals surface area contributed by atoms with E-state index < -0.39 is 0 Å². The Bertz CT molecular complexity index is 736. The summed E-state index contributed by atoms with van der Waals surface area (Å²) in [5.74, 6) is 0. The number of hydrogen-bond donors (Lipinski definition) is 1. The molecular formula is C17H20N4O2. The number of piperidine rings is 1. The second kappa shape index (κ2) is 5.77. The van der Waals surface area contributed by atoms with Crippen molar-refractivity contribution in [1.82, 2.24) is 9.88 Å². The summed E-state index contributed by atoms with van der Waals surface area (Å²) < 4.78 is 0. The number of nitro groups is 1. The van der Waals surface area contributed by atoms with Crippen molar-refractivity contribution in [2.45, 2.75) is 37.8 Å². The Balaban J connectivity index is 1.56. The molecule has 2 aromatic rings. The van der Waals surface area contributed by atoms with Crippen molar-refractivity contribution >= 4 is 22.3 Å². The third kappa shape index (κ3) is 2.86. The van der Waals surface area contributed by atoms with Crippen LogP contribution in [0.4, 0.5) is 11.4 Å². The number of likely N-dealkylation sites (tertiary alicyclic amines) is 1. The normalized spacial score (nSPS) is 19.8. The Labute approximate surface area is 134 Å². The van der Waals surface area contributed by atoms with E-state index in [9.17, 15) is 10.1 Å². The molecule has 0 amide bonds. The van der Waals surface area contributed by atoms with E-state index in [2.05, 4.69) is 15.2 Å². The first kappa shape index (κ1) is 14.4. The van der Waals surface area contributed by atoms with E-state index in [4.69, 9.17) is 0 Å². The van der Waals surface area contributed by atoms with Crippen molar-refractivity contribution in [2.75, 3.05) is 18.4 Å². The van der Waals surface area contributed by atoms with Gasteiger partial charge in [-0.25, -0.2) is 0 Å². The summed E-state index contributed by atoms with van der Waals surface area (Å²) in [6.45, 7) is 2.18. The molecule has 1 aliphatic heterocycles. The number of nitrogens with zero attached hydrogens (tertiary/aromatic N) is 3. The lowest BCUT2D eigenvalue weighted by atomic mass is 10.0. The molecule has 1 aromatic heterocycles. The summed E-state index contributed by atoms with van der Waals surface area (Å²) in [7, 11) is 0. The van der Waals surface area contributed by atoms with Crippen LogP contribution in [0.2, 0.25) is 0 Å². The fourth-order valence-corrected chi connectivity index (χ4v) is 3.52. The summed E-state index contributed by atoms with van der Waals surface area (Å²) in [6, 6.07) is 8.26. The minimum atomic E-state index is -0.300. The van der Waals surface area contributed by atoms with Gasteiger partial charge in [0.25, 0.3) is 0 Å². The first-order valence-electron chi connectivity index (χ1n) is 8.25. The zero-order chi connectivity index (χ0) is 15.8. The smallest absolute Gasteiger partial charge is 0.301 e. The predicted molar refractivity (Wildman–Crippen MR) is 89.6 cm³/mol. The average molecular weight is 312 g/mol. The van der Waals surface area contributed by atoms with Crippen molar-refractivity contribution < 1.29 is 4.92 Å². The van der Waals surface area contributed by atoms with Crippen molar-refractivity contribution in [1.29, 1.82) is 0 Å². The van der Waals surface area contributed by atoms with E-state index in [1.165, 1.54) is 12.8 Å². The molecule has 1 N–H and O–H groups in total. The SMILES string of the molecule is O=[N+]([O-])c1c(NC2CCN(C3CC3)CC2)ccc2ncccc12. The zero-order valence-corrected chi connectivity index (χ0v) is 12.9. The number of anilines is 1. The summed E-state index contributed by atoms with van der Waals surface area (Å²) in [6.07, 6.45) is 6.41. The molecule has 0 radical (unpaired) electrons. The third-order valence-electron chi connectivity index (χ3n) is 4.89. The molecule has 2 heterocycles. The number of aromatic nitrogens is 1. The molecule has 0 spiro atoms. The highest BCUT2D eigenvalue weighted by atomic mass is 16.6. The predicted octanol–water partition coefficient (Wildman–Crippen LogP) is 3.18. The molecule has 0 atom stereocenters. The maximum absolute atomic E-state index is 11.6. The second-order valence-electron chi connectivity index (χ2n) is 6.47. The number of nitro benzene ring substituents is 1. The number of pyridine rings is 1. The molecule has 1 aliphatic carbocycles. The van der Waals surface area contributed by atoms with E-state index >= 15 is 0 Å². The second-order valence-corrected chi connectivity index (χ2v) is 6.47. The molecule has 23 heavy (non-hydrogen) atoms. The molecule has 0 bridgehead atoms. The quantitative estimate of drug-likeness (QED) is 0.693. The van der Waals surface area contributed by atoms with E-state index in [-0.39, 0.29) is 10.6 Å². The Kier molecular flexibility index (Phi) is 3.61. The third-order valence-corrected chi connectivity index (χ3v) is 4.89. The van der Waals surface area contributed by atoms with Crippen LogP contribution >= 0.6 is 0 Å². The molecule has 1 saturated carbocycles. The van der Waals surface area contributed by atoms with Crippen molar-refractivity contribution in [2.24, 2.45) is 0 Å². The van der Waals surface area contributed by atoms with E-state index in [1.807, 2.05) is 6.07 Å². The number of nitrogens with one attached hydrogen (secondary N) is 1. The van der Waals surface area contributed by atoms with Crippen LogP contribution < -0.4 is 5.32 Å². The molecule has 6 nitrogen and oxygen atoms in total. The Morgan fingerprint density at radius 2 is 1.96 bits per heavy atom. The fourth-order valence-electron chi connectivity index (χ4n) is 3.52. The van der Waals surface area contributed by atoms with Gasteiger partial charge in [-0.15, -0.1) is 0 Å². The van der Waals surface area contributed by atoms with Crippen molar-refractivity contribution in [3.05, 3.63) is 40.6 Å². The van der Waals surface area contributed by atoms with Crippen molar-refractivity contribution in [3.63, 3.8) is 0 Å². The van der Waals surface area contributed by atoms with Gasteiger partial charge < -0.3 is 10.2 Å². The largest absolute Gasteiger partial charge is 0.377 e. The van der Waals surface area contributed by atoms with Crippen LogP contribution in [0.1, 0.15) is 25.7 Å². The summed E-state index contributed by atoms with van der Waals surface area (Å²) in [5.41, 5.74) is 1.41. The number of hydrogen-bond acceptors (Lipinski definition) is 5. The Hall–Kier alpha value is -2.21. The Morgan fingerprint density at radius 1 is 1.17 bits per heavy atom. The van der Waals surface area contributed by atoms with Gasteiger partial charge >= 0.3 is 5.69 Å². The molecular weight excluding hydrogens is 292 g/mol. The summed E-state index contributed by atoms with van der Waals surface area (Å²) >= 11 is 0. The van der Waals surface area contributed by atoms with Gasteiger partial charge in [0.2, 0.25) is 0 Å². The molecule has 1 aromatic carbocycles. The van der Waals surface area contributed by atoms with Gasteiger partial charge in [-0.2, -0.15) is 0 Å². The van der Waals surface area contributed by atoms with Crippen molar-refractivity contribution in [3.8, 4) is 0 Å². The molecule has 0 unspecified atom stereocenters. The van der Waals surface area contributed by atoms with Gasteiger partial charge in [0, 0.05) is 31.4 Å². The lowest BCUT2D eigenvalue weighted by Gasteiger charge is -2.32. The zero-order valence-electron chi connectivity index (χ0n) is 12.9. The van der Waals surface area contributed by atoms with Gasteiger partial charge in [-0.1, -0.05) is 0 Å². The van der Waals surface area contributed by atoms with E-state index in [0.717, 1.165) is 32.0 Å². The van der Waals surface area contributed by atoms with Crippen LogP contribution in [-0.2, 0) is 0 Å². The maximum atomic E-state index is 11.6. The Morgan fingerprint density at radius 3 is 2.65 bits per heavy atom. The van der Waals surface area contributed by atoms with Gasteiger partial charge in [0.1, 0.15) is 5.69 Å². The van der Waals surface area contributed by atoms with Crippen LogP contribution in [0.25, 0.3) is 10.9 Å². The van der Waals surface area contributed by atoms with Gasteiger partial charge in [-0.3, -0.25) is 15.1 Å². The first-order valence-corrected chi connectivity index (χ1v) is 8.25. The fraction of sp³-hybridized carbons (Fsp3) is 0.471. The lowest BCUT2D eigenvalue weighted by molar-refractivity contribution is -0.382. The lowest BCUT2D eigenvalue weighted by Crippen LogP contribution is -2.40. The van der Waals surface area contributed by atoms with Crippen LogP contribution in [0, 0.1) is 10.1 Å². The van der Waals surface area contributed by atoms with Crippen LogP contribution in [-0.4, -0.2) is 40.0 Å². The van der Waals surface area contributed by atoms with Gasteiger partial charge in [0.05, 0.1) is 15.8 Å². The standard InChI is InChI=1S/C17H20N4O2/c22-21(23)17-14-2-1-9-18-15(14)5-6-16(17)19-12-7-10-20(11-8-12)13-3-4-13/h1-2,5-6,9,12-13,19H,3-4,7-8,10-11H2. The molecule has 1 saturated heterocycles. The van der Waals surface area contributed by atoms with Crippen LogP contribution in [0.3, 0.4) is 0 Å². The number of fused-ring (bicyclic) bond motifs is 1. The highest BCUT2D eigenvalue weighted by molar-refractivity contribution is 5.94. The molecule has 2 aliphatic rings. The molecule has 4 rings (SSSR count). The van der Waals surface area contributed by atoms with Gasteiger partial charge in [-0.05, 0) is 49.9 Å². The maximum Gasteiger partial charge on any atom is 0.301 e. The summed E-state index contributed by atoms with van der Waals surface area (Å²) in [5, 5.41) is 15.6. The monoisotopic (exact) mass is 312 g/mol. The number of benzene rings is 1. The molecule has 120 valence electrons. The van der Waals surface area contributed by atoms with Gasteiger partial charge in [0.15, 0.2) is 0 Å². The topological polar surface area (TPSA) is 71.3 Å².